The predicted octanol–water partition coefficient (Wildman–Crippen LogP) is 1.10. The average molecular weight is 249 g/mol. The van der Waals surface area contributed by atoms with Crippen LogP contribution in [-0.2, 0) is 0 Å². The zero-order valence-electron chi connectivity index (χ0n) is 8.37. The maximum absolute atomic E-state index is 10.5. The third-order valence-corrected chi connectivity index (χ3v) is 2.06. The van der Waals surface area contributed by atoms with Crippen LogP contribution in [0.15, 0.2) is 18.2 Å². The van der Waals surface area contributed by atoms with E-state index in [1.54, 1.807) is 0 Å². The van der Waals surface area contributed by atoms with Crippen molar-refractivity contribution in [3.63, 3.8) is 0 Å². The second-order valence-electron chi connectivity index (χ2n) is 3.12. The molecule has 6 nitrogen and oxygen atoms in total. The van der Waals surface area contributed by atoms with Crippen molar-refractivity contribution in [2.75, 3.05) is 6.61 Å². The summed E-state index contributed by atoms with van der Waals surface area (Å²) in [7, 11) is 0. The third kappa shape index (κ3) is 3.34. The van der Waals surface area contributed by atoms with E-state index in [2.05, 4.69) is 0 Å². The quantitative estimate of drug-likeness (QED) is 0.546. The SMILES string of the molecule is Cl.N[C@H](CCO)c1cc([N+](=O)[O-])ccc1O. The Kier molecular flexibility index (Phi) is 5.73. The summed E-state index contributed by atoms with van der Waals surface area (Å²) in [5, 5.41) is 28.6. The number of phenolic OH excluding ortho intramolecular Hbond substituents is 1. The molecule has 16 heavy (non-hydrogen) atoms. The number of halogens is 1. The first-order valence-corrected chi connectivity index (χ1v) is 4.40. The lowest BCUT2D eigenvalue weighted by Crippen LogP contribution is -2.12. The molecule has 0 amide bonds. The van der Waals surface area contributed by atoms with E-state index in [0.29, 0.717) is 0 Å². The molecule has 0 saturated heterocycles. The Morgan fingerprint density at radius 2 is 2.12 bits per heavy atom. The second kappa shape index (κ2) is 6.26. The van der Waals surface area contributed by atoms with Crippen molar-refractivity contribution < 1.29 is 15.1 Å². The first-order valence-electron chi connectivity index (χ1n) is 4.40. The molecule has 0 radical (unpaired) electrons. The molecule has 1 aromatic rings. The van der Waals surface area contributed by atoms with Crippen molar-refractivity contribution >= 4 is 18.1 Å². The second-order valence-corrected chi connectivity index (χ2v) is 3.12. The van der Waals surface area contributed by atoms with Gasteiger partial charge in [-0.05, 0) is 12.5 Å². The Morgan fingerprint density at radius 3 is 2.62 bits per heavy atom. The van der Waals surface area contributed by atoms with Gasteiger partial charge in [0.2, 0.25) is 0 Å². The molecule has 0 saturated carbocycles. The van der Waals surface area contributed by atoms with Gasteiger partial charge in [0, 0.05) is 30.3 Å². The van der Waals surface area contributed by atoms with E-state index in [9.17, 15) is 15.2 Å². The summed E-state index contributed by atoms with van der Waals surface area (Å²) >= 11 is 0. The van der Waals surface area contributed by atoms with Gasteiger partial charge in [-0.3, -0.25) is 10.1 Å². The lowest BCUT2D eigenvalue weighted by molar-refractivity contribution is -0.385. The smallest absolute Gasteiger partial charge is 0.270 e. The topological polar surface area (TPSA) is 110 Å². The largest absolute Gasteiger partial charge is 0.508 e. The van der Waals surface area contributed by atoms with Crippen LogP contribution in [0.1, 0.15) is 18.0 Å². The van der Waals surface area contributed by atoms with Crippen LogP contribution in [-0.4, -0.2) is 21.7 Å². The van der Waals surface area contributed by atoms with Gasteiger partial charge >= 0.3 is 0 Å². The number of aliphatic hydroxyl groups excluding tert-OH is 1. The fourth-order valence-corrected chi connectivity index (χ4v) is 1.25. The number of hydrogen-bond acceptors (Lipinski definition) is 5. The molecule has 0 aromatic heterocycles. The summed E-state index contributed by atoms with van der Waals surface area (Å²) in [5.74, 6) is -0.0958. The summed E-state index contributed by atoms with van der Waals surface area (Å²) in [6.07, 6.45) is 0.245. The Labute approximate surface area is 98.3 Å². The minimum Gasteiger partial charge on any atom is -0.508 e. The van der Waals surface area contributed by atoms with E-state index in [1.165, 1.54) is 18.2 Å². The van der Waals surface area contributed by atoms with E-state index >= 15 is 0 Å². The summed E-state index contributed by atoms with van der Waals surface area (Å²) in [6, 6.07) is 3.04. The first-order chi connectivity index (χ1) is 7.06. The van der Waals surface area contributed by atoms with E-state index in [4.69, 9.17) is 10.8 Å². The van der Waals surface area contributed by atoms with Crippen molar-refractivity contribution in [3.8, 4) is 5.75 Å². The normalized spacial score (nSPS) is 11.6. The Balaban J connectivity index is 0.00000225. The molecule has 0 aliphatic carbocycles. The highest BCUT2D eigenvalue weighted by Crippen LogP contribution is 2.28. The van der Waals surface area contributed by atoms with Gasteiger partial charge < -0.3 is 15.9 Å². The Bertz CT molecular complexity index is 373. The van der Waals surface area contributed by atoms with E-state index in [1.807, 2.05) is 0 Å². The fraction of sp³-hybridized carbons (Fsp3) is 0.333. The summed E-state index contributed by atoms with van der Waals surface area (Å²) < 4.78 is 0. The number of nitro groups is 1. The van der Waals surface area contributed by atoms with Crippen LogP contribution in [0.4, 0.5) is 5.69 Å². The van der Waals surface area contributed by atoms with Crippen LogP contribution < -0.4 is 5.73 Å². The Morgan fingerprint density at radius 1 is 1.50 bits per heavy atom. The van der Waals surface area contributed by atoms with Crippen molar-refractivity contribution in [2.24, 2.45) is 5.73 Å². The molecular formula is C9H13ClN2O4. The Hall–Kier alpha value is -1.37. The molecule has 1 atom stereocenters. The summed E-state index contributed by atoms with van der Waals surface area (Å²) in [4.78, 5) is 9.92. The summed E-state index contributed by atoms with van der Waals surface area (Å²) in [5.41, 5.74) is 5.78. The van der Waals surface area contributed by atoms with Crippen LogP contribution in [0.3, 0.4) is 0 Å². The lowest BCUT2D eigenvalue weighted by Gasteiger charge is -2.11. The lowest BCUT2D eigenvalue weighted by atomic mass is 10.0. The highest BCUT2D eigenvalue weighted by molar-refractivity contribution is 5.85. The molecule has 0 unspecified atom stereocenters. The average Bonchev–Trinajstić information content (AvgIpc) is 2.18. The number of aromatic hydroxyl groups is 1. The first kappa shape index (κ1) is 14.6. The van der Waals surface area contributed by atoms with Crippen LogP contribution in [0, 0.1) is 10.1 Å². The van der Waals surface area contributed by atoms with E-state index in [0.717, 1.165) is 0 Å². The number of non-ortho nitro benzene ring substituents is 1. The molecular weight excluding hydrogens is 236 g/mol. The van der Waals surface area contributed by atoms with Crippen LogP contribution in [0.25, 0.3) is 0 Å². The molecule has 0 aliphatic heterocycles. The third-order valence-electron chi connectivity index (χ3n) is 2.06. The van der Waals surface area contributed by atoms with Crippen LogP contribution in [0.2, 0.25) is 0 Å². The standard InChI is InChI=1S/C9H12N2O4.ClH/c10-8(3-4-12)7-5-6(11(14)15)1-2-9(7)13;/h1-2,5,8,12-13H,3-4,10H2;1H/t8-;/m1./s1. The van der Waals surface area contributed by atoms with Crippen molar-refractivity contribution in [1.29, 1.82) is 0 Å². The number of benzene rings is 1. The molecule has 0 fully saturated rings. The maximum atomic E-state index is 10.5. The monoisotopic (exact) mass is 248 g/mol. The molecule has 0 bridgehead atoms. The molecule has 0 aliphatic rings. The van der Waals surface area contributed by atoms with Gasteiger partial charge in [-0.25, -0.2) is 0 Å². The van der Waals surface area contributed by atoms with Gasteiger partial charge in [0.25, 0.3) is 5.69 Å². The minimum absolute atomic E-state index is 0. The zero-order chi connectivity index (χ0) is 11.4. The molecule has 7 heteroatoms. The molecule has 90 valence electrons. The van der Waals surface area contributed by atoms with Gasteiger partial charge in [0.05, 0.1) is 4.92 Å². The van der Waals surface area contributed by atoms with Gasteiger partial charge in [0.1, 0.15) is 5.75 Å². The van der Waals surface area contributed by atoms with Gasteiger partial charge in [-0.2, -0.15) is 0 Å². The number of phenols is 1. The number of nitro benzene ring substituents is 1. The molecule has 4 N–H and O–H groups in total. The molecule has 0 spiro atoms. The fourth-order valence-electron chi connectivity index (χ4n) is 1.25. The zero-order valence-corrected chi connectivity index (χ0v) is 9.18. The van der Waals surface area contributed by atoms with E-state index in [-0.39, 0.29) is 42.4 Å². The highest BCUT2D eigenvalue weighted by atomic mass is 35.5. The van der Waals surface area contributed by atoms with Crippen molar-refractivity contribution in [2.45, 2.75) is 12.5 Å². The van der Waals surface area contributed by atoms with Gasteiger partial charge in [0.15, 0.2) is 0 Å². The number of nitrogens with two attached hydrogens (primary N) is 1. The molecule has 0 heterocycles. The van der Waals surface area contributed by atoms with E-state index < -0.39 is 11.0 Å². The molecule has 1 aromatic carbocycles. The van der Waals surface area contributed by atoms with Crippen molar-refractivity contribution in [3.05, 3.63) is 33.9 Å². The number of hydrogen-bond donors (Lipinski definition) is 3. The number of rotatable bonds is 4. The summed E-state index contributed by atoms with van der Waals surface area (Å²) in [6.45, 7) is -0.136. The van der Waals surface area contributed by atoms with Crippen molar-refractivity contribution in [1.82, 2.24) is 0 Å². The molecule has 1 rings (SSSR count). The highest BCUT2D eigenvalue weighted by Gasteiger charge is 2.15. The van der Waals surface area contributed by atoms with Crippen LogP contribution >= 0.6 is 12.4 Å². The minimum atomic E-state index is -0.602. The maximum Gasteiger partial charge on any atom is 0.270 e. The van der Waals surface area contributed by atoms with Gasteiger partial charge in [-0.1, -0.05) is 0 Å². The van der Waals surface area contributed by atoms with Crippen LogP contribution in [0.5, 0.6) is 5.75 Å². The number of aliphatic hydroxyl groups is 1. The predicted molar refractivity (Wildman–Crippen MR) is 60.6 cm³/mol. The van der Waals surface area contributed by atoms with Gasteiger partial charge in [-0.15, -0.1) is 12.4 Å². The number of nitrogens with zero attached hydrogens (tertiary/aromatic N) is 1.